The maximum absolute atomic E-state index is 4.65. The Hall–Kier alpha value is 0.930. The second kappa shape index (κ2) is 20.4. The molecule has 0 aromatic heterocycles. The lowest BCUT2D eigenvalue weighted by molar-refractivity contribution is 1.87. The number of hydrogen-bond acceptors (Lipinski definition) is 2. The van der Waals surface area contributed by atoms with E-state index in [1.165, 1.54) is 0 Å². The largest absolute Gasteiger partial charge is 0.300 e. The Bertz CT molecular complexity index is 7.61. The molecule has 0 fully saturated rings. The van der Waals surface area contributed by atoms with Gasteiger partial charge in [0.1, 0.15) is 0 Å². The van der Waals surface area contributed by atoms with Crippen LogP contribution < -0.4 is 11.0 Å². The standard InChI is InChI=1S/2ClH.H5N2P/c;;1-3-2/h2*1H;3H,1-2H2. The normalized spacial score (nSPS) is 3.60. The van der Waals surface area contributed by atoms with Gasteiger partial charge < -0.3 is 11.0 Å². The van der Waals surface area contributed by atoms with Crippen LogP contribution in [0.5, 0.6) is 0 Å². The summed E-state index contributed by atoms with van der Waals surface area (Å²) in [6.45, 7) is 0. The Morgan fingerprint density at radius 3 is 1.00 bits per heavy atom. The van der Waals surface area contributed by atoms with Crippen molar-refractivity contribution >= 4 is 33.7 Å². The summed E-state index contributed by atoms with van der Waals surface area (Å²) in [5, 5.41) is 0. The van der Waals surface area contributed by atoms with E-state index in [2.05, 4.69) is 11.0 Å². The molecule has 0 saturated heterocycles. The molecule has 0 rings (SSSR count). The van der Waals surface area contributed by atoms with E-state index in [0.717, 1.165) is 0 Å². The van der Waals surface area contributed by atoms with E-state index in [1.807, 2.05) is 0 Å². The van der Waals surface area contributed by atoms with Gasteiger partial charge in [-0.05, 0) is 0 Å². The van der Waals surface area contributed by atoms with Crippen molar-refractivity contribution in [1.82, 2.24) is 0 Å². The molecular weight excluding hydrogens is 130 g/mol. The van der Waals surface area contributed by atoms with Crippen LogP contribution >= 0.6 is 33.7 Å². The third-order valence-electron chi connectivity index (χ3n) is 0. The first-order valence-corrected chi connectivity index (χ1v) is 1.73. The van der Waals surface area contributed by atoms with Crippen LogP contribution in [0, 0.1) is 0 Å². The summed E-state index contributed by atoms with van der Waals surface area (Å²) in [6.07, 6.45) is 0. The van der Waals surface area contributed by atoms with Crippen LogP contribution in [0.2, 0.25) is 0 Å². The molecule has 0 aromatic carbocycles. The van der Waals surface area contributed by atoms with Gasteiger partial charge in [0, 0.05) is 8.88 Å². The van der Waals surface area contributed by atoms with Crippen LogP contribution in [-0.4, -0.2) is 0 Å². The second-order valence-corrected chi connectivity index (χ2v) is 0.500. The fourth-order valence-corrected chi connectivity index (χ4v) is 0. The predicted octanol–water partition coefficient (Wildman–Crippen LogP) is 0.256. The highest BCUT2D eigenvalue weighted by Gasteiger charge is 1.28. The average Bonchev–Trinajstić information content (AvgIpc) is 0.918. The van der Waals surface area contributed by atoms with Gasteiger partial charge in [0.25, 0.3) is 0 Å². The zero-order valence-electron chi connectivity index (χ0n) is 2.47. The molecule has 0 radical (unpaired) electrons. The summed E-state index contributed by atoms with van der Waals surface area (Å²) in [5.74, 6) is 0. The van der Waals surface area contributed by atoms with Crippen LogP contribution in [0.15, 0.2) is 0 Å². The molecular formula is H7Cl2N2P. The first-order chi connectivity index (χ1) is 1.41. The van der Waals surface area contributed by atoms with E-state index in [1.54, 1.807) is 0 Å². The van der Waals surface area contributed by atoms with Crippen LogP contribution in [0.25, 0.3) is 0 Å². The van der Waals surface area contributed by atoms with Gasteiger partial charge in [-0.2, -0.15) is 0 Å². The molecule has 5 heavy (non-hydrogen) atoms. The minimum atomic E-state index is 0. The summed E-state index contributed by atoms with van der Waals surface area (Å²) in [7, 11) is 0.0833. The van der Waals surface area contributed by atoms with E-state index in [0.29, 0.717) is 0 Å². The zero-order valence-corrected chi connectivity index (χ0v) is 5.10. The lowest BCUT2D eigenvalue weighted by Gasteiger charge is -1.57. The van der Waals surface area contributed by atoms with Gasteiger partial charge in [0.2, 0.25) is 0 Å². The minimum absolute atomic E-state index is 0. The SMILES string of the molecule is Cl.Cl.NPN. The quantitative estimate of drug-likeness (QED) is 0.470. The summed E-state index contributed by atoms with van der Waals surface area (Å²) in [4.78, 5) is 0. The molecule has 0 aliphatic rings. The van der Waals surface area contributed by atoms with Crippen molar-refractivity contribution in [3.63, 3.8) is 0 Å². The summed E-state index contributed by atoms with van der Waals surface area (Å²) in [6, 6.07) is 0. The Labute approximate surface area is 45.4 Å². The van der Waals surface area contributed by atoms with Crippen molar-refractivity contribution in [3.8, 4) is 0 Å². The molecule has 0 atom stereocenters. The fraction of sp³-hybridized carbons (Fsp3) is 0. The van der Waals surface area contributed by atoms with Crippen LogP contribution in [-0.2, 0) is 0 Å². The average molecular weight is 137 g/mol. The second-order valence-electron chi connectivity index (χ2n) is 0.167. The van der Waals surface area contributed by atoms with Crippen molar-refractivity contribution in [2.24, 2.45) is 11.0 Å². The Morgan fingerprint density at radius 2 is 1.00 bits per heavy atom. The van der Waals surface area contributed by atoms with Crippen molar-refractivity contribution in [2.75, 3.05) is 0 Å². The first-order valence-electron chi connectivity index (χ1n) is 0.577. The first kappa shape index (κ1) is 16.8. The monoisotopic (exact) mass is 136 g/mol. The predicted molar refractivity (Wildman–Crippen MR) is 31.2 cm³/mol. The lowest BCUT2D eigenvalue weighted by atomic mass is 13.9. The zero-order chi connectivity index (χ0) is 2.71. The number of nitrogens with two attached hydrogens (primary N) is 2. The molecule has 5 heteroatoms. The van der Waals surface area contributed by atoms with Gasteiger partial charge >= 0.3 is 0 Å². The molecule has 4 N–H and O–H groups in total. The molecule has 0 amide bonds. The molecule has 0 aromatic rings. The Kier molecular flexibility index (Phi) is 68.6. The Morgan fingerprint density at radius 1 is 1.00 bits per heavy atom. The van der Waals surface area contributed by atoms with Crippen LogP contribution in [0.3, 0.4) is 0 Å². The summed E-state index contributed by atoms with van der Waals surface area (Å²) >= 11 is 0. The van der Waals surface area contributed by atoms with Gasteiger partial charge in [0.05, 0.1) is 0 Å². The van der Waals surface area contributed by atoms with Gasteiger partial charge in [-0.3, -0.25) is 0 Å². The third-order valence-corrected chi connectivity index (χ3v) is 0. The number of halogens is 2. The van der Waals surface area contributed by atoms with Crippen LogP contribution in [0.4, 0.5) is 0 Å². The van der Waals surface area contributed by atoms with Crippen molar-refractivity contribution < 1.29 is 0 Å². The Balaban J connectivity index is -0.0000000200. The smallest absolute Gasteiger partial charge is 0.0127 e. The summed E-state index contributed by atoms with van der Waals surface area (Å²) < 4.78 is 0. The molecule has 0 heterocycles. The summed E-state index contributed by atoms with van der Waals surface area (Å²) in [5.41, 5.74) is 9.31. The van der Waals surface area contributed by atoms with Gasteiger partial charge in [-0.1, -0.05) is 0 Å². The van der Waals surface area contributed by atoms with Crippen molar-refractivity contribution in [2.45, 2.75) is 0 Å². The number of rotatable bonds is 0. The van der Waals surface area contributed by atoms with E-state index in [9.17, 15) is 0 Å². The molecule has 0 bridgehead atoms. The fourth-order valence-electron chi connectivity index (χ4n) is 0. The van der Waals surface area contributed by atoms with E-state index in [-0.39, 0.29) is 33.7 Å². The number of hydrogen-bond donors (Lipinski definition) is 2. The van der Waals surface area contributed by atoms with Crippen LogP contribution in [0.1, 0.15) is 0 Å². The molecule has 0 aliphatic carbocycles. The highest BCUT2D eigenvalue weighted by molar-refractivity contribution is 7.32. The van der Waals surface area contributed by atoms with Gasteiger partial charge in [0.15, 0.2) is 0 Å². The molecule has 2 nitrogen and oxygen atoms in total. The topological polar surface area (TPSA) is 52.0 Å². The van der Waals surface area contributed by atoms with Crippen molar-refractivity contribution in [1.29, 1.82) is 0 Å². The molecule has 0 aliphatic heterocycles. The highest BCUT2D eigenvalue weighted by atomic mass is 35.5. The molecule has 36 valence electrons. The van der Waals surface area contributed by atoms with Gasteiger partial charge in [-0.15, -0.1) is 24.8 Å². The maximum atomic E-state index is 4.65. The van der Waals surface area contributed by atoms with E-state index >= 15 is 0 Å². The molecule has 0 spiro atoms. The highest BCUT2D eigenvalue weighted by Crippen LogP contribution is 1.62. The third kappa shape index (κ3) is 48.9. The van der Waals surface area contributed by atoms with E-state index in [4.69, 9.17) is 0 Å². The van der Waals surface area contributed by atoms with Gasteiger partial charge in [-0.25, -0.2) is 0 Å². The maximum Gasteiger partial charge on any atom is 0.0127 e. The molecule has 0 saturated carbocycles. The minimum Gasteiger partial charge on any atom is -0.300 e. The molecule has 0 unspecified atom stereocenters. The van der Waals surface area contributed by atoms with E-state index < -0.39 is 0 Å². The van der Waals surface area contributed by atoms with Crippen molar-refractivity contribution in [3.05, 3.63) is 0 Å². The lowest BCUT2D eigenvalue weighted by Crippen LogP contribution is -1.78.